The van der Waals surface area contributed by atoms with Crippen LogP contribution in [0.15, 0.2) is 53.5 Å². The number of rotatable bonds is 5. The quantitative estimate of drug-likeness (QED) is 0.640. The van der Waals surface area contributed by atoms with Crippen molar-refractivity contribution in [2.24, 2.45) is 0 Å². The predicted octanol–water partition coefficient (Wildman–Crippen LogP) is 4.97. The molecule has 1 aliphatic carbocycles. The van der Waals surface area contributed by atoms with Crippen molar-refractivity contribution in [2.75, 3.05) is 0 Å². The van der Waals surface area contributed by atoms with Crippen LogP contribution < -0.4 is 15.6 Å². The molecule has 4 nitrogen and oxygen atoms in total. The van der Waals surface area contributed by atoms with Crippen LogP contribution in [0.1, 0.15) is 36.8 Å². The van der Waals surface area contributed by atoms with Crippen molar-refractivity contribution in [3.05, 3.63) is 75.2 Å². The van der Waals surface area contributed by atoms with Crippen LogP contribution in [0.5, 0.6) is 5.75 Å². The third-order valence-electron chi connectivity index (χ3n) is 5.64. The molecule has 1 heterocycles. The van der Waals surface area contributed by atoms with E-state index in [4.69, 9.17) is 16.3 Å². The lowest BCUT2D eigenvalue weighted by molar-refractivity contribution is 0.139. The number of halogens is 1. The van der Waals surface area contributed by atoms with Crippen LogP contribution in [0, 0.1) is 6.92 Å². The number of aryl methyl sites for hydroxylation is 1. The Morgan fingerprint density at radius 3 is 2.71 bits per heavy atom. The summed E-state index contributed by atoms with van der Waals surface area (Å²) in [5.74, 6) is 0.663. The predicted molar refractivity (Wildman–Crippen MR) is 114 cm³/mol. The van der Waals surface area contributed by atoms with Gasteiger partial charge in [-0.15, -0.1) is 0 Å². The number of benzene rings is 2. The van der Waals surface area contributed by atoms with E-state index in [0.717, 1.165) is 37.6 Å². The summed E-state index contributed by atoms with van der Waals surface area (Å²) >= 11 is 6.37. The molecule has 3 aromatic rings. The molecule has 0 unspecified atom stereocenters. The number of aromatic nitrogens is 1. The molecular formula is C23H25ClN2O2. The summed E-state index contributed by atoms with van der Waals surface area (Å²) in [4.78, 5) is 14.6. The van der Waals surface area contributed by atoms with Crippen molar-refractivity contribution >= 4 is 22.4 Å². The standard InChI is InChI=1S/C23H25ClN2O2/c1-15-4-2-3-5-17(15)14-26-18-6-8-19(9-7-18)28-22-12-16-10-11-25-23(27)20(16)13-21(22)24/h2-5,10-13,18-19,26H,6-9,14H2,1H3,(H,25,27). The van der Waals surface area contributed by atoms with Gasteiger partial charge in [0, 0.05) is 24.2 Å². The molecule has 2 aromatic carbocycles. The van der Waals surface area contributed by atoms with E-state index in [1.807, 2.05) is 12.1 Å². The normalized spacial score (nSPS) is 19.6. The number of nitrogens with one attached hydrogen (secondary N) is 2. The van der Waals surface area contributed by atoms with Crippen LogP contribution in [0.2, 0.25) is 5.02 Å². The summed E-state index contributed by atoms with van der Waals surface area (Å²) in [6, 6.07) is 14.5. The second kappa shape index (κ2) is 8.38. The highest BCUT2D eigenvalue weighted by molar-refractivity contribution is 6.32. The highest BCUT2D eigenvalue weighted by Crippen LogP contribution is 2.32. The van der Waals surface area contributed by atoms with E-state index in [1.165, 1.54) is 11.1 Å². The van der Waals surface area contributed by atoms with Gasteiger partial charge in [0.2, 0.25) is 0 Å². The Balaban J connectivity index is 1.34. The Bertz CT molecular complexity index is 1020. The van der Waals surface area contributed by atoms with Gasteiger partial charge >= 0.3 is 0 Å². The van der Waals surface area contributed by atoms with Crippen LogP contribution in [0.25, 0.3) is 10.8 Å². The molecule has 4 rings (SSSR count). The van der Waals surface area contributed by atoms with E-state index in [2.05, 4.69) is 41.5 Å². The van der Waals surface area contributed by atoms with E-state index < -0.39 is 0 Å². The topological polar surface area (TPSA) is 54.1 Å². The van der Waals surface area contributed by atoms with Crippen molar-refractivity contribution in [3.8, 4) is 5.75 Å². The van der Waals surface area contributed by atoms with Crippen LogP contribution in [0.3, 0.4) is 0 Å². The zero-order chi connectivity index (χ0) is 19.5. The summed E-state index contributed by atoms with van der Waals surface area (Å²) < 4.78 is 6.19. The molecule has 2 N–H and O–H groups in total. The van der Waals surface area contributed by atoms with Gasteiger partial charge in [0.05, 0.1) is 11.1 Å². The maximum Gasteiger partial charge on any atom is 0.255 e. The van der Waals surface area contributed by atoms with E-state index in [1.54, 1.807) is 12.3 Å². The third kappa shape index (κ3) is 4.23. The van der Waals surface area contributed by atoms with Gasteiger partial charge in [-0.3, -0.25) is 4.79 Å². The molecule has 5 heteroatoms. The first-order valence-corrected chi connectivity index (χ1v) is 10.2. The molecule has 0 saturated heterocycles. The number of fused-ring (bicyclic) bond motifs is 1. The molecular weight excluding hydrogens is 372 g/mol. The molecule has 1 aliphatic rings. The summed E-state index contributed by atoms with van der Waals surface area (Å²) in [7, 11) is 0. The minimum absolute atomic E-state index is 0.133. The fourth-order valence-corrected chi connectivity index (χ4v) is 4.11. The van der Waals surface area contributed by atoms with E-state index in [0.29, 0.717) is 22.2 Å². The number of ether oxygens (including phenoxy) is 1. The smallest absolute Gasteiger partial charge is 0.255 e. The molecule has 1 saturated carbocycles. The fourth-order valence-electron chi connectivity index (χ4n) is 3.91. The van der Waals surface area contributed by atoms with Gasteiger partial charge in [-0.05, 0) is 67.3 Å². The lowest BCUT2D eigenvalue weighted by Gasteiger charge is -2.30. The second-order valence-corrected chi connectivity index (χ2v) is 7.98. The number of pyridine rings is 1. The number of hydrogen-bond donors (Lipinski definition) is 2. The van der Waals surface area contributed by atoms with E-state index >= 15 is 0 Å². The Labute approximate surface area is 169 Å². The summed E-state index contributed by atoms with van der Waals surface area (Å²) in [6.45, 7) is 3.07. The Morgan fingerprint density at radius 2 is 1.93 bits per heavy atom. The molecule has 28 heavy (non-hydrogen) atoms. The van der Waals surface area contributed by atoms with Crippen molar-refractivity contribution in [2.45, 2.75) is 51.3 Å². The molecule has 146 valence electrons. The maximum absolute atomic E-state index is 11.9. The Kier molecular flexibility index (Phi) is 5.69. The van der Waals surface area contributed by atoms with Crippen molar-refractivity contribution in [1.29, 1.82) is 0 Å². The highest BCUT2D eigenvalue weighted by atomic mass is 35.5. The molecule has 0 aliphatic heterocycles. The molecule has 0 atom stereocenters. The first-order chi connectivity index (χ1) is 13.6. The lowest BCUT2D eigenvalue weighted by atomic mass is 9.92. The van der Waals surface area contributed by atoms with Crippen molar-refractivity contribution < 1.29 is 4.74 Å². The molecule has 0 radical (unpaired) electrons. The first-order valence-electron chi connectivity index (χ1n) is 9.85. The SMILES string of the molecule is Cc1ccccc1CNC1CCC(Oc2cc3cc[nH]c(=O)c3cc2Cl)CC1. The monoisotopic (exact) mass is 396 g/mol. The molecule has 0 spiro atoms. The summed E-state index contributed by atoms with van der Waals surface area (Å²) in [5, 5.41) is 5.61. The van der Waals surface area contributed by atoms with Crippen LogP contribution in [-0.4, -0.2) is 17.1 Å². The fraction of sp³-hybridized carbons (Fsp3) is 0.348. The molecule has 1 fully saturated rings. The van der Waals surface area contributed by atoms with Gasteiger partial charge in [-0.1, -0.05) is 35.9 Å². The second-order valence-electron chi connectivity index (χ2n) is 7.58. The molecule has 0 bridgehead atoms. The maximum atomic E-state index is 11.9. The van der Waals surface area contributed by atoms with Gasteiger partial charge in [0.25, 0.3) is 5.56 Å². The summed E-state index contributed by atoms with van der Waals surface area (Å²) in [6.07, 6.45) is 5.97. The number of hydrogen-bond acceptors (Lipinski definition) is 3. The zero-order valence-corrected chi connectivity index (χ0v) is 16.8. The minimum atomic E-state index is -0.133. The Morgan fingerprint density at radius 1 is 1.14 bits per heavy atom. The van der Waals surface area contributed by atoms with Crippen molar-refractivity contribution in [1.82, 2.24) is 10.3 Å². The van der Waals surface area contributed by atoms with Crippen molar-refractivity contribution in [3.63, 3.8) is 0 Å². The van der Waals surface area contributed by atoms with E-state index in [-0.39, 0.29) is 11.7 Å². The first kappa shape index (κ1) is 19.0. The number of aromatic amines is 1. The summed E-state index contributed by atoms with van der Waals surface area (Å²) in [5.41, 5.74) is 2.56. The van der Waals surface area contributed by atoms with E-state index in [9.17, 15) is 4.79 Å². The van der Waals surface area contributed by atoms with Gasteiger partial charge in [-0.25, -0.2) is 0 Å². The average Bonchev–Trinajstić information content (AvgIpc) is 2.70. The highest BCUT2D eigenvalue weighted by Gasteiger charge is 2.23. The Hall–Kier alpha value is -2.30. The minimum Gasteiger partial charge on any atom is -0.489 e. The lowest BCUT2D eigenvalue weighted by Crippen LogP contribution is -2.36. The van der Waals surface area contributed by atoms with Crippen LogP contribution in [-0.2, 0) is 6.54 Å². The van der Waals surface area contributed by atoms with Gasteiger partial charge in [0.15, 0.2) is 0 Å². The van der Waals surface area contributed by atoms with Crippen LogP contribution in [0.4, 0.5) is 0 Å². The third-order valence-corrected chi connectivity index (χ3v) is 5.93. The largest absolute Gasteiger partial charge is 0.489 e. The number of H-pyrrole nitrogens is 1. The van der Waals surface area contributed by atoms with Gasteiger partial charge < -0.3 is 15.0 Å². The van der Waals surface area contributed by atoms with Gasteiger partial charge in [-0.2, -0.15) is 0 Å². The average molecular weight is 397 g/mol. The van der Waals surface area contributed by atoms with Crippen LogP contribution >= 0.6 is 11.6 Å². The molecule has 0 amide bonds. The van der Waals surface area contributed by atoms with Gasteiger partial charge in [0.1, 0.15) is 5.75 Å². The molecule has 1 aromatic heterocycles. The zero-order valence-electron chi connectivity index (χ0n) is 16.0.